The minimum absolute atomic E-state index is 0.171. The van der Waals surface area contributed by atoms with Crippen molar-refractivity contribution < 1.29 is 42.2 Å². The molecule has 49 heavy (non-hydrogen) atoms. The number of primary amides is 1. The third-order valence-corrected chi connectivity index (χ3v) is 10.0. The number of nitrogens with two attached hydrogens (primary N) is 1. The molecular formula is C33H44N6O9S. The fourth-order valence-electron chi connectivity index (χ4n) is 6.22. The van der Waals surface area contributed by atoms with Gasteiger partial charge in [-0.2, -0.15) is 0 Å². The molecule has 0 radical (unpaired) electrons. The average molecular weight is 701 g/mol. The van der Waals surface area contributed by atoms with Crippen molar-refractivity contribution in [2.24, 2.45) is 5.73 Å². The van der Waals surface area contributed by atoms with Crippen molar-refractivity contribution in [3.63, 3.8) is 0 Å². The minimum Gasteiger partial charge on any atom is -0.465 e. The van der Waals surface area contributed by atoms with Crippen LogP contribution in [0.15, 0.2) is 54.6 Å². The van der Waals surface area contributed by atoms with Crippen LogP contribution in [0.4, 0.5) is 10.5 Å². The first-order valence-corrected chi connectivity index (χ1v) is 17.8. The molecule has 1 saturated heterocycles. The number of carboxylic acid groups (broad SMARTS) is 1. The van der Waals surface area contributed by atoms with E-state index in [1.54, 1.807) is 17.0 Å². The van der Waals surface area contributed by atoms with Crippen molar-refractivity contribution in [2.45, 2.75) is 69.2 Å². The largest absolute Gasteiger partial charge is 0.465 e. The van der Waals surface area contributed by atoms with Crippen LogP contribution in [0.3, 0.4) is 0 Å². The number of nitrogens with zero attached hydrogens (tertiary/aromatic N) is 2. The maximum absolute atomic E-state index is 14.0. The summed E-state index contributed by atoms with van der Waals surface area (Å²) in [6, 6.07) is 14.2. The van der Waals surface area contributed by atoms with Gasteiger partial charge in [-0.25, -0.2) is 13.2 Å². The summed E-state index contributed by atoms with van der Waals surface area (Å²) in [6.45, 7) is 3.67. The van der Waals surface area contributed by atoms with Crippen LogP contribution in [-0.2, 0) is 46.0 Å². The predicted octanol–water partition coefficient (Wildman–Crippen LogP) is 0.825. The number of carbonyl (C=O) groups is 5. The molecule has 0 bridgehead atoms. The lowest BCUT2D eigenvalue weighted by Crippen LogP contribution is -2.63. The van der Waals surface area contributed by atoms with Crippen LogP contribution < -0.4 is 26.0 Å². The third-order valence-electron chi connectivity index (χ3n) is 8.92. The lowest BCUT2D eigenvalue weighted by molar-refractivity contribution is -0.141. The molecule has 6 N–H and O–H groups in total. The Morgan fingerprint density at radius 1 is 0.980 bits per heavy atom. The van der Waals surface area contributed by atoms with E-state index in [0.29, 0.717) is 31.6 Å². The highest BCUT2D eigenvalue weighted by Crippen LogP contribution is 2.47. The van der Waals surface area contributed by atoms with Gasteiger partial charge in [0.25, 0.3) is 0 Å². The first-order chi connectivity index (χ1) is 23.0. The van der Waals surface area contributed by atoms with Gasteiger partial charge in [0.05, 0.1) is 25.2 Å². The van der Waals surface area contributed by atoms with E-state index in [1.165, 1.54) is 24.4 Å². The zero-order chi connectivity index (χ0) is 36.0. The summed E-state index contributed by atoms with van der Waals surface area (Å²) in [6.07, 6.45) is 0.188. The Morgan fingerprint density at radius 3 is 2.22 bits per heavy atom. The molecule has 1 fully saturated rings. The molecule has 1 spiro atoms. The zero-order valence-corrected chi connectivity index (χ0v) is 28.6. The Bertz CT molecular complexity index is 1660. The third kappa shape index (κ3) is 9.26. The van der Waals surface area contributed by atoms with E-state index in [1.807, 2.05) is 47.8 Å². The van der Waals surface area contributed by atoms with Crippen molar-refractivity contribution in [1.29, 1.82) is 0 Å². The number of hydrogen-bond acceptors (Lipinski definition) is 8. The van der Waals surface area contributed by atoms with Gasteiger partial charge in [0.2, 0.25) is 33.7 Å². The summed E-state index contributed by atoms with van der Waals surface area (Å²) in [5, 5.41) is 16.4. The van der Waals surface area contributed by atoms with Crippen molar-refractivity contribution in [3.05, 3.63) is 65.7 Å². The average Bonchev–Trinajstić information content (AvgIpc) is 3.37. The van der Waals surface area contributed by atoms with Gasteiger partial charge in [0.1, 0.15) is 17.6 Å². The monoisotopic (exact) mass is 700 g/mol. The lowest BCUT2D eigenvalue weighted by atomic mass is 9.74. The molecule has 0 aromatic heterocycles. The van der Waals surface area contributed by atoms with Gasteiger partial charge in [0.15, 0.2) is 0 Å². The topological polar surface area (TPSA) is 218 Å². The predicted molar refractivity (Wildman–Crippen MR) is 180 cm³/mol. The fourth-order valence-corrected chi connectivity index (χ4v) is 7.22. The molecule has 2 aliphatic rings. The molecule has 4 rings (SSSR count). The second-order valence-electron chi connectivity index (χ2n) is 13.0. The van der Waals surface area contributed by atoms with E-state index in [4.69, 9.17) is 15.6 Å². The van der Waals surface area contributed by atoms with Crippen molar-refractivity contribution in [2.75, 3.05) is 36.8 Å². The Balaban J connectivity index is 1.48. The Morgan fingerprint density at radius 2 is 1.61 bits per heavy atom. The van der Waals surface area contributed by atoms with E-state index in [0.717, 1.165) is 11.1 Å². The molecule has 2 aromatic carbocycles. The molecular weight excluding hydrogens is 656 g/mol. The molecule has 266 valence electrons. The number of carbonyl (C=O) groups excluding carboxylic acids is 4. The van der Waals surface area contributed by atoms with E-state index in [9.17, 15) is 32.4 Å². The number of para-hydroxylation sites is 1. The first kappa shape index (κ1) is 37.1. The molecule has 5 amide bonds. The van der Waals surface area contributed by atoms with E-state index >= 15 is 0 Å². The van der Waals surface area contributed by atoms with E-state index < -0.39 is 62.8 Å². The van der Waals surface area contributed by atoms with Gasteiger partial charge in [-0.05, 0) is 50.3 Å². The maximum atomic E-state index is 14.0. The number of benzene rings is 2. The molecule has 2 aromatic rings. The van der Waals surface area contributed by atoms with Gasteiger partial charge in [0, 0.05) is 31.5 Å². The summed E-state index contributed by atoms with van der Waals surface area (Å²) >= 11 is 0. The molecule has 15 nitrogen and oxygen atoms in total. The van der Waals surface area contributed by atoms with Gasteiger partial charge in [-0.3, -0.25) is 23.5 Å². The minimum atomic E-state index is -3.52. The number of rotatable bonds is 14. The lowest BCUT2D eigenvalue weighted by Gasteiger charge is -2.41. The normalized spacial score (nSPS) is 16.7. The number of likely N-dealkylation sites (tertiary alicyclic amines) is 1. The van der Waals surface area contributed by atoms with E-state index in [-0.39, 0.29) is 32.6 Å². The summed E-state index contributed by atoms with van der Waals surface area (Å²) < 4.78 is 32.5. The van der Waals surface area contributed by atoms with Crippen LogP contribution >= 0.6 is 0 Å². The number of nitrogens with one attached hydrogen (secondary N) is 3. The van der Waals surface area contributed by atoms with E-state index in [2.05, 4.69) is 10.6 Å². The Hall–Kier alpha value is -4.70. The summed E-state index contributed by atoms with van der Waals surface area (Å²) in [7, 11) is -3.52. The zero-order valence-electron chi connectivity index (χ0n) is 27.8. The highest BCUT2D eigenvalue weighted by atomic mass is 32.2. The highest BCUT2D eigenvalue weighted by Gasteiger charge is 2.48. The standard InChI is InChI=1S/C33H44N6O9S/c1-32(2,37-28(41)24(36-31(44)45)13-14-27(34)40)30(43)35-25(20-48-19-22-9-5-4-6-10-22)29(42)38-17-15-33(16-18-38)21-39(49(3,46)47)26-12-8-7-11-23(26)33/h4-12,24-25,36H,13-21H2,1-3H3,(H2,34,40)(H,35,43)(H,37,41)(H,44,45)/t24-,25+/m0/s1. The van der Waals surface area contributed by atoms with Crippen LogP contribution in [0.2, 0.25) is 0 Å². The van der Waals surface area contributed by atoms with Crippen LogP contribution in [0.25, 0.3) is 0 Å². The number of ether oxygens (including phenoxy) is 1. The van der Waals surface area contributed by atoms with Gasteiger partial charge < -0.3 is 36.4 Å². The maximum Gasteiger partial charge on any atom is 0.405 e. The quantitative estimate of drug-likeness (QED) is 0.188. The first-order valence-electron chi connectivity index (χ1n) is 15.9. The number of anilines is 1. The van der Waals surface area contributed by atoms with Crippen molar-refractivity contribution in [3.8, 4) is 0 Å². The number of hydrogen-bond donors (Lipinski definition) is 5. The molecule has 2 heterocycles. The van der Waals surface area contributed by atoms with Crippen LogP contribution in [-0.4, -0.2) is 98.3 Å². The second-order valence-corrected chi connectivity index (χ2v) is 14.9. The summed E-state index contributed by atoms with van der Waals surface area (Å²) in [5.41, 5.74) is 5.50. The van der Waals surface area contributed by atoms with Gasteiger partial charge >= 0.3 is 6.09 Å². The molecule has 2 aliphatic heterocycles. The molecule has 16 heteroatoms. The number of fused-ring (bicyclic) bond motifs is 2. The van der Waals surface area contributed by atoms with Crippen molar-refractivity contribution >= 4 is 45.4 Å². The Kier molecular flexibility index (Phi) is 11.5. The van der Waals surface area contributed by atoms with Crippen LogP contribution in [0.1, 0.15) is 50.7 Å². The molecule has 0 aliphatic carbocycles. The summed E-state index contributed by atoms with van der Waals surface area (Å²) in [5.74, 6) is -2.72. The molecule has 0 unspecified atom stereocenters. The SMILES string of the molecule is CC(C)(NC(=O)[C@H](CCC(N)=O)NC(=O)O)C(=O)N[C@H](COCc1ccccc1)C(=O)N1CCC2(CC1)CN(S(C)(=O)=O)c1ccccc12. The molecule has 0 saturated carbocycles. The Labute approximate surface area is 285 Å². The smallest absolute Gasteiger partial charge is 0.405 e. The number of sulfonamides is 1. The van der Waals surface area contributed by atoms with Crippen molar-refractivity contribution in [1.82, 2.24) is 20.9 Å². The van der Waals surface area contributed by atoms with Crippen LogP contribution in [0, 0.1) is 0 Å². The number of piperidine rings is 1. The summed E-state index contributed by atoms with van der Waals surface area (Å²) in [4.78, 5) is 64.7. The number of amides is 5. The highest BCUT2D eigenvalue weighted by molar-refractivity contribution is 7.92. The van der Waals surface area contributed by atoms with Crippen LogP contribution in [0.5, 0.6) is 0 Å². The van der Waals surface area contributed by atoms with Gasteiger partial charge in [-0.1, -0.05) is 48.5 Å². The molecule has 2 atom stereocenters. The van der Waals surface area contributed by atoms with Gasteiger partial charge in [-0.15, -0.1) is 0 Å². The fraction of sp³-hybridized carbons (Fsp3) is 0.485. The second kappa shape index (κ2) is 15.2.